The van der Waals surface area contributed by atoms with Crippen LogP contribution < -0.4 is 5.32 Å². The number of nitrogens with one attached hydrogen (secondary N) is 1. The quantitative estimate of drug-likeness (QED) is 0.800. The average Bonchev–Trinajstić information content (AvgIpc) is 3.21. The number of hydrogen-bond donors (Lipinski definition) is 2. The van der Waals surface area contributed by atoms with Gasteiger partial charge >= 0.3 is 0 Å². The van der Waals surface area contributed by atoms with Crippen LogP contribution in [0.25, 0.3) is 11.1 Å². The molecule has 1 fully saturated rings. The fraction of sp³-hybridized carbons (Fsp3) is 0.409. The van der Waals surface area contributed by atoms with Gasteiger partial charge in [-0.15, -0.1) is 0 Å². The lowest BCUT2D eigenvalue weighted by Gasteiger charge is -2.14. The van der Waals surface area contributed by atoms with E-state index in [2.05, 4.69) is 10.2 Å². The second kappa shape index (κ2) is 8.97. The Labute approximate surface area is 155 Å². The maximum atomic E-state index is 12.3. The van der Waals surface area contributed by atoms with Crippen molar-refractivity contribution in [1.29, 1.82) is 0 Å². The maximum absolute atomic E-state index is 12.3. The second-order valence-electron chi connectivity index (χ2n) is 6.93. The molecule has 0 spiro atoms. The monoisotopic (exact) mass is 352 g/mol. The second-order valence-corrected chi connectivity index (χ2v) is 6.93. The van der Waals surface area contributed by atoms with Crippen molar-refractivity contribution in [3.63, 3.8) is 0 Å². The first-order valence-corrected chi connectivity index (χ1v) is 9.56. The zero-order valence-electron chi connectivity index (χ0n) is 15.4. The molecule has 2 aromatic carbocycles. The SMILES string of the molecule is CC[C@@H](O)c1ccc(-c2ccc(C(=O)NCCN3CCCC3)cc2)cc1. The van der Waals surface area contributed by atoms with Gasteiger partial charge in [0, 0.05) is 18.7 Å². The van der Waals surface area contributed by atoms with Crippen molar-refractivity contribution in [3.8, 4) is 11.1 Å². The van der Waals surface area contributed by atoms with Gasteiger partial charge in [0.1, 0.15) is 0 Å². The number of nitrogens with zero attached hydrogens (tertiary/aromatic N) is 1. The van der Waals surface area contributed by atoms with Crippen molar-refractivity contribution in [2.75, 3.05) is 26.2 Å². The Hall–Kier alpha value is -2.17. The van der Waals surface area contributed by atoms with E-state index in [0.717, 1.165) is 36.3 Å². The summed E-state index contributed by atoms with van der Waals surface area (Å²) in [5, 5.41) is 12.9. The minimum absolute atomic E-state index is 0.0165. The van der Waals surface area contributed by atoms with Crippen molar-refractivity contribution in [3.05, 3.63) is 59.7 Å². The molecular formula is C22H28N2O2. The molecule has 26 heavy (non-hydrogen) atoms. The molecule has 2 aromatic rings. The Bertz CT molecular complexity index is 704. The predicted octanol–water partition coefficient (Wildman–Crippen LogP) is 3.62. The highest BCUT2D eigenvalue weighted by Crippen LogP contribution is 2.23. The first-order valence-electron chi connectivity index (χ1n) is 9.56. The molecule has 1 amide bonds. The number of benzene rings is 2. The molecular weight excluding hydrogens is 324 g/mol. The molecule has 0 saturated carbocycles. The first kappa shape index (κ1) is 18.6. The van der Waals surface area contributed by atoms with Crippen molar-refractivity contribution < 1.29 is 9.90 Å². The molecule has 2 N–H and O–H groups in total. The van der Waals surface area contributed by atoms with Crippen LogP contribution in [-0.2, 0) is 0 Å². The minimum Gasteiger partial charge on any atom is -0.388 e. The lowest BCUT2D eigenvalue weighted by molar-refractivity contribution is 0.0949. The molecule has 4 heteroatoms. The summed E-state index contributed by atoms with van der Waals surface area (Å²) in [4.78, 5) is 14.7. The van der Waals surface area contributed by atoms with Crippen LogP contribution in [0.1, 0.15) is 48.2 Å². The van der Waals surface area contributed by atoms with E-state index in [4.69, 9.17) is 0 Å². The van der Waals surface area contributed by atoms with Gasteiger partial charge in [-0.2, -0.15) is 0 Å². The molecule has 0 aromatic heterocycles. The topological polar surface area (TPSA) is 52.6 Å². The first-order chi connectivity index (χ1) is 12.7. The molecule has 1 aliphatic heterocycles. The van der Waals surface area contributed by atoms with Gasteiger partial charge in [0.25, 0.3) is 5.91 Å². The number of rotatable bonds is 7. The van der Waals surface area contributed by atoms with Crippen LogP contribution in [0.15, 0.2) is 48.5 Å². The van der Waals surface area contributed by atoms with Crippen LogP contribution >= 0.6 is 0 Å². The van der Waals surface area contributed by atoms with Gasteiger partial charge in [0.15, 0.2) is 0 Å². The Balaban J connectivity index is 1.56. The average molecular weight is 352 g/mol. The summed E-state index contributed by atoms with van der Waals surface area (Å²) >= 11 is 0. The lowest BCUT2D eigenvalue weighted by atomic mass is 10.00. The summed E-state index contributed by atoms with van der Waals surface area (Å²) < 4.78 is 0. The van der Waals surface area contributed by atoms with E-state index in [-0.39, 0.29) is 5.91 Å². The van der Waals surface area contributed by atoms with Gasteiger partial charge < -0.3 is 15.3 Å². The van der Waals surface area contributed by atoms with E-state index in [0.29, 0.717) is 18.5 Å². The molecule has 1 saturated heterocycles. The summed E-state index contributed by atoms with van der Waals surface area (Å²) in [6.45, 7) is 5.90. The van der Waals surface area contributed by atoms with E-state index >= 15 is 0 Å². The molecule has 0 unspecified atom stereocenters. The Kier molecular flexibility index (Phi) is 6.42. The molecule has 0 bridgehead atoms. The number of carbonyl (C=O) groups is 1. The lowest BCUT2D eigenvalue weighted by Crippen LogP contribution is -2.33. The third kappa shape index (κ3) is 4.71. The van der Waals surface area contributed by atoms with Crippen LogP contribution in [0.4, 0.5) is 0 Å². The van der Waals surface area contributed by atoms with Gasteiger partial charge in [0.05, 0.1) is 6.10 Å². The van der Waals surface area contributed by atoms with Crippen LogP contribution in [-0.4, -0.2) is 42.1 Å². The summed E-state index contributed by atoms with van der Waals surface area (Å²) in [6, 6.07) is 15.6. The van der Waals surface area contributed by atoms with Crippen molar-refractivity contribution in [1.82, 2.24) is 10.2 Å². The Morgan fingerprint density at radius 2 is 1.62 bits per heavy atom. The zero-order chi connectivity index (χ0) is 18.4. The molecule has 4 nitrogen and oxygen atoms in total. The number of carbonyl (C=O) groups excluding carboxylic acids is 1. The van der Waals surface area contributed by atoms with E-state index in [9.17, 15) is 9.90 Å². The minimum atomic E-state index is -0.407. The number of likely N-dealkylation sites (tertiary alicyclic amines) is 1. The van der Waals surface area contributed by atoms with E-state index in [1.54, 1.807) is 0 Å². The maximum Gasteiger partial charge on any atom is 0.251 e. The normalized spacial score (nSPS) is 15.8. The number of hydrogen-bond acceptors (Lipinski definition) is 3. The van der Waals surface area contributed by atoms with Gasteiger partial charge in [-0.05, 0) is 61.2 Å². The van der Waals surface area contributed by atoms with E-state index in [1.807, 2.05) is 55.5 Å². The van der Waals surface area contributed by atoms with Gasteiger partial charge in [-0.3, -0.25) is 4.79 Å². The highest BCUT2D eigenvalue weighted by Gasteiger charge is 2.12. The molecule has 0 aliphatic carbocycles. The third-order valence-electron chi connectivity index (χ3n) is 5.07. The van der Waals surface area contributed by atoms with Crippen LogP contribution in [0.2, 0.25) is 0 Å². The highest BCUT2D eigenvalue weighted by atomic mass is 16.3. The third-order valence-corrected chi connectivity index (χ3v) is 5.07. The van der Waals surface area contributed by atoms with Crippen LogP contribution in [0, 0.1) is 0 Å². The molecule has 0 radical (unpaired) electrons. The van der Waals surface area contributed by atoms with Gasteiger partial charge in [-0.25, -0.2) is 0 Å². The fourth-order valence-corrected chi connectivity index (χ4v) is 3.38. The summed E-state index contributed by atoms with van der Waals surface area (Å²) in [5.74, 6) is -0.0165. The zero-order valence-corrected chi connectivity index (χ0v) is 15.4. The largest absolute Gasteiger partial charge is 0.388 e. The van der Waals surface area contributed by atoms with Crippen molar-refractivity contribution in [2.45, 2.75) is 32.3 Å². The highest BCUT2D eigenvalue weighted by molar-refractivity contribution is 5.94. The summed E-state index contributed by atoms with van der Waals surface area (Å²) in [6.07, 6.45) is 2.85. The number of aliphatic hydroxyl groups excluding tert-OH is 1. The standard InChI is InChI=1S/C22H28N2O2/c1-2-21(25)19-9-5-17(6-10-19)18-7-11-20(12-8-18)22(26)23-13-16-24-14-3-4-15-24/h5-12,21,25H,2-4,13-16H2,1H3,(H,23,26)/t21-/m1/s1. The molecule has 1 aliphatic rings. The van der Waals surface area contributed by atoms with Crippen LogP contribution in [0.5, 0.6) is 0 Å². The molecule has 1 heterocycles. The molecule has 1 atom stereocenters. The Morgan fingerprint density at radius 3 is 2.19 bits per heavy atom. The summed E-state index contributed by atoms with van der Waals surface area (Å²) in [7, 11) is 0. The van der Waals surface area contributed by atoms with Crippen LogP contribution in [0.3, 0.4) is 0 Å². The van der Waals surface area contributed by atoms with E-state index < -0.39 is 6.10 Å². The smallest absolute Gasteiger partial charge is 0.251 e. The van der Waals surface area contributed by atoms with Crippen molar-refractivity contribution in [2.24, 2.45) is 0 Å². The molecule has 138 valence electrons. The number of aliphatic hydroxyl groups is 1. The fourth-order valence-electron chi connectivity index (χ4n) is 3.38. The van der Waals surface area contributed by atoms with Crippen molar-refractivity contribution >= 4 is 5.91 Å². The van der Waals surface area contributed by atoms with Gasteiger partial charge in [0.2, 0.25) is 0 Å². The Morgan fingerprint density at radius 1 is 1.04 bits per heavy atom. The number of amides is 1. The van der Waals surface area contributed by atoms with E-state index in [1.165, 1.54) is 12.8 Å². The molecule has 3 rings (SSSR count). The summed E-state index contributed by atoms with van der Waals surface area (Å²) in [5.41, 5.74) is 3.77. The van der Waals surface area contributed by atoms with Gasteiger partial charge in [-0.1, -0.05) is 43.3 Å². The predicted molar refractivity (Wildman–Crippen MR) is 105 cm³/mol.